The predicted molar refractivity (Wildman–Crippen MR) is 120 cm³/mol. The molecule has 1 unspecified atom stereocenters. The summed E-state index contributed by atoms with van der Waals surface area (Å²) in [5.41, 5.74) is 3.13. The van der Waals surface area contributed by atoms with E-state index in [1.165, 1.54) is 11.8 Å². The molecule has 1 N–H and O–H groups in total. The zero-order chi connectivity index (χ0) is 21.5. The highest BCUT2D eigenvalue weighted by Crippen LogP contribution is 2.37. The first-order valence-electron chi connectivity index (χ1n) is 9.68. The van der Waals surface area contributed by atoms with Crippen molar-refractivity contribution in [2.24, 2.45) is 4.99 Å². The van der Waals surface area contributed by atoms with Crippen molar-refractivity contribution in [2.45, 2.75) is 26.5 Å². The SMILES string of the molecule is CCOC(=O)C1=C(C)NC(SC)=NC1c1ccc(OCc2ccccc2)c(OC)c1. The number of nitrogens with one attached hydrogen (secondary N) is 1. The van der Waals surface area contributed by atoms with Gasteiger partial charge in [-0.1, -0.05) is 48.2 Å². The largest absolute Gasteiger partial charge is 0.493 e. The molecule has 6 nitrogen and oxygen atoms in total. The number of hydrogen-bond donors (Lipinski definition) is 1. The lowest BCUT2D eigenvalue weighted by Gasteiger charge is -2.25. The van der Waals surface area contributed by atoms with Gasteiger partial charge in [0.1, 0.15) is 12.6 Å². The van der Waals surface area contributed by atoms with E-state index in [9.17, 15) is 4.79 Å². The average Bonchev–Trinajstić information content (AvgIpc) is 2.77. The Bertz CT molecular complexity index is 957. The number of aliphatic imine (C=N–C) groups is 1. The van der Waals surface area contributed by atoms with Crippen molar-refractivity contribution in [1.29, 1.82) is 0 Å². The predicted octanol–water partition coefficient (Wildman–Crippen LogP) is 4.47. The Morgan fingerprint density at radius 1 is 1.17 bits per heavy atom. The van der Waals surface area contributed by atoms with Crippen molar-refractivity contribution < 1.29 is 19.0 Å². The molecule has 3 rings (SSSR count). The minimum atomic E-state index is -0.482. The number of thioether (sulfide) groups is 1. The summed E-state index contributed by atoms with van der Waals surface area (Å²) in [5, 5.41) is 3.91. The fraction of sp³-hybridized carbons (Fsp3) is 0.304. The lowest BCUT2D eigenvalue weighted by atomic mass is 9.96. The van der Waals surface area contributed by atoms with Crippen LogP contribution >= 0.6 is 11.8 Å². The van der Waals surface area contributed by atoms with Crippen LogP contribution in [0, 0.1) is 0 Å². The summed E-state index contributed by atoms with van der Waals surface area (Å²) in [7, 11) is 1.60. The summed E-state index contributed by atoms with van der Waals surface area (Å²) in [6, 6.07) is 15.1. The zero-order valence-corrected chi connectivity index (χ0v) is 18.4. The molecule has 0 fully saturated rings. The van der Waals surface area contributed by atoms with Crippen LogP contribution in [0.1, 0.15) is 31.0 Å². The third-order valence-electron chi connectivity index (χ3n) is 4.65. The molecule has 0 aromatic heterocycles. The fourth-order valence-electron chi connectivity index (χ4n) is 3.17. The van der Waals surface area contributed by atoms with Gasteiger partial charge in [-0.2, -0.15) is 0 Å². The lowest BCUT2D eigenvalue weighted by molar-refractivity contribution is -0.138. The second kappa shape index (κ2) is 10.2. The van der Waals surface area contributed by atoms with E-state index in [4.69, 9.17) is 19.2 Å². The number of carbonyl (C=O) groups is 1. The number of nitrogens with zero attached hydrogens (tertiary/aromatic N) is 1. The Labute approximate surface area is 181 Å². The molecule has 7 heteroatoms. The van der Waals surface area contributed by atoms with Gasteiger partial charge in [-0.25, -0.2) is 9.79 Å². The maximum atomic E-state index is 12.6. The maximum Gasteiger partial charge on any atom is 0.338 e. The van der Waals surface area contributed by atoms with E-state index < -0.39 is 6.04 Å². The van der Waals surface area contributed by atoms with Crippen molar-refractivity contribution in [3.63, 3.8) is 0 Å². The standard InChI is InChI=1S/C23H26N2O4S/c1-5-28-22(26)20-15(2)24-23(30-4)25-21(20)17-11-12-18(19(13-17)27-3)29-14-16-9-7-6-8-10-16/h6-13,21H,5,14H2,1-4H3,(H,24,25). The smallest absolute Gasteiger partial charge is 0.338 e. The van der Waals surface area contributed by atoms with E-state index in [1.807, 2.05) is 61.7 Å². The fourth-order valence-corrected chi connectivity index (χ4v) is 3.64. The van der Waals surface area contributed by atoms with Gasteiger partial charge in [0.2, 0.25) is 0 Å². The normalized spacial score (nSPS) is 15.9. The van der Waals surface area contributed by atoms with Gasteiger partial charge in [0, 0.05) is 5.70 Å². The molecule has 0 radical (unpaired) electrons. The molecule has 0 aliphatic carbocycles. The van der Waals surface area contributed by atoms with Crippen molar-refractivity contribution in [2.75, 3.05) is 20.0 Å². The van der Waals surface area contributed by atoms with Gasteiger partial charge in [-0.15, -0.1) is 0 Å². The second-order valence-electron chi connectivity index (χ2n) is 6.61. The number of methoxy groups -OCH3 is 1. The van der Waals surface area contributed by atoms with Crippen LogP contribution in [0.15, 0.2) is 64.8 Å². The highest BCUT2D eigenvalue weighted by Gasteiger charge is 2.30. The van der Waals surface area contributed by atoms with Crippen LogP contribution in [0.3, 0.4) is 0 Å². The second-order valence-corrected chi connectivity index (χ2v) is 7.40. The Morgan fingerprint density at radius 2 is 1.93 bits per heavy atom. The lowest BCUT2D eigenvalue weighted by Crippen LogP contribution is -2.30. The summed E-state index contributed by atoms with van der Waals surface area (Å²) < 4.78 is 16.8. The first-order chi connectivity index (χ1) is 14.6. The van der Waals surface area contributed by atoms with E-state index in [2.05, 4.69) is 5.32 Å². The van der Waals surface area contributed by atoms with Gasteiger partial charge >= 0.3 is 5.97 Å². The Kier molecular flexibility index (Phi) is 7.41. The van der Waals surface area contributed by atoms with Crippen LogP contribution in [0.4, 0.5) is 0 Å². The summed E-state index contributed by atoms with van der Waals surface area (Å²) in [6.45, 7) is 4.39. The third-order valence-corrected chi connectivity index (χ3v) is 5.24. The molecule has 1 heterocycles. The third kappa shape index (κ3) is 4.97. The maximum absolute atomic E-state index is 12.6. The number of benzene rings is 2. The number of esters is 1. The Morgan fingerprint density at radius 3 is 2.60 bits per heavy atom. The number of hydrogen-bond acceptors (Lipinski definition) is 7. The minimum absolute atomic E-state index is 0.303. The molecule has 2 aromatic rings. The summed E-state index contributed by atoms with van der Waals surface area (Å²) in [6.07, 6.45) is 1.94. The molecule has 1 aliphatic heterocycles. The van der Waals surface area contributed by atoms with E-state index >= 15 is 0 Å². The van der Waals surface area contributed by atoms with Crippen molar-refractivity contribution in [1.82, 2.24) is 5.32 Å². The summed E-state index contributed by atoms with van der Waals surface area (Å²) in [4.78, 5) is 17.3. The van der Waals surface area contributed by atoms with Crippen LogP contribution < -0.4 is 14.8 Å². The Hall–Kier alpha value is -2.93. The van der Waals surface area contributed by atoms with Gasteiger partial charge < -0.3 is 19.5 Å². The van der Waals surface area contributed by atoms with Crippen molar-refractivity contribution >= 4 is 22.9 Å². The van der Waals surface area contributed by atoms with Gasteiger partial charge in [0.05, 0.1) is 19.3 Å². The minimum Gasteiger partial charge on any atom is -0.493 e. The highest BCUT2D eigenvalue weighted by atomic mass is 32.2. The number of amidine groups is 1. The van der Waals surface area contributed by atoms with Crippen LogP contribution in [-0.4, -0.2) is 31.1 Å². The molecule has 0 bridgehead atoms. The van der Waals surface area contributed by atoms with Gasteiger partial charge in [-0.3, -0.25) is 0 Å². The topological polar surface area (TPSA) is 69.2 Å². The first kappa shape index (κ1) is 21.8. The van der Waals surface area contributed by atoms with Crippen LogP contribution in [0.2, 0.25) is 0 Å². The quantitative estimate of drug-likeness (QED) is 0.659. The molecule has 0 saturated carbocycles. The highest BCUT2D eigenvalue weighted by molar-refractivity contribution is 8.13. The Balaban J connectivity index is 1.91. The molecule has 0 spiro atoms. The molecule has 30 heavy (non-hydrogen) atoms. The molecule has 1 aliphatic rings. The molecular weight excluding hydrogens is 400 g/mol. The van der Waals surface area contributed by atoms with E-state index in [0.29, 0.717) is 30.3 Å². The van der Waals surface area contributed by atoms with E-state index in [0.717, 1.165) is 22.0 Å². The van der Waals surface area contributed by atoms with Crippen LogP contribution in [0.25, 0.3) is 0 Å². The molecular formula is C23H26N2O4S. The van der Waals surface area contributed by atoms with Crippen molar-refractivity contribution in [3.05, 3.63) is 70.9 Å². The number of allylic oxidation sites excluding steroid dienone is 1. The summed E-state index contributed by atoms with van der Waals surface area (Å²) in [5.74, 6) is 0.843. The molecule has 1 atom stereocenters. The number of carbonyl (C=O) groups excluding carboxylic acids is 1. The van der Waals surface area contributed by atoms with E-state index in [1.54, 1.807) is 14.0 Å². The number of rotatable bonds is 7. The number of ether oxygens (including phenoxy) is 3. The van der Waals surface area contributed by atoms with E-state index in [-0.39, 0.29) is 5.97 Å². The first-order valence-corrected chi connectivity index (χ1v) is 10.9. The zero-order valence-electron chi connectivity index (χ0n) is 17.6. The monoisotopic (exact) mass is 426 g/mol. The average molecular weight is 427 g/mol. The molecule has 0 amide bonds. The van der Waals surface area contributed by atoms with Gasteiger partial charge in [0.15, 0.2) is 16.7 Å². The summed E-state index contributed by atoms with van der Waals surface area (Å²) >= 11 is 1.49. The van der Waals surface area contributed by atoms with Crippen LogP contribution in [0.5, 0.6) is 11.5 Å². The van der Waals surface area contributed by atoms with Crippen molar-refractivity contribution in [3.8, 4) is 11.5 Å². The van der Waals surface area contributed by atoms with Gasteiger partial charge in [0.25, 0.3) is 0 Å². The molecule has 2 aromatic carbocycles. The van der Waals surface area contributed by atoms with Crippen LogP contribution in [-0.2, 0) is 16.1 Å². The molecule has 0 saturated heterocycles. The molecule has 158 valence electrons. The van der Waals surface area contributed by atoms with Gasteiger partial charge in [-0.05, 0) is 43.4 Å².